The highest BCUT2D eigenvalue weighted by molar-refractivity contribution is 4.72. The molecule has 3 N–H and O–H groups in total. The molecule has 0 saturated carbocycles. The van der Waals surface area contributed by atoms with Gasteiger partial charge in [-0.3, -0.25) is 0 Å². The van der Waals surface area contributed by atoms with Crippen LogP contribution in [0.1, 0.15) is 97.3 Å². The third-order valence-corrected chi connectivity index (χ3v) is 4.41. The van der Waals surface area contributed by atoms with E-state index in [1.807, 2.05) is 0 Å². The van der Waals surface area contributed by atoms with Gasteiger partial charge in [-0.2, -0.15) is 0 Å². The second-order valence-corrected chi connectivity index (χ2v) is 6.34. The molecule has 0 aliphatic rings. The van der Waals surface area contributed by atoms with E-state index in [2.05, 4.69) is 13.8 Å². The smallest absolute Gasteiger partial charge is 0.0434 e. The summed E-state index contributed by atoms with van der Waals surface area (Å²) in [7, 11) is 0. The third-order valence-electron chi connectivity index (χ3n) is 4.41. The maximum atomic E-state index is 9.14. The van der Waals surface area contributed by atoms with E-state index >= 15 is 0 Å². The van der Waals surface area contributed by atoms with Crippen molar-refractivity contribution in [2.75, 3.05) is 6.61 Å². The Hall–Kier alpha value is -0.0800. The van der Waals surface area contributed by atoms with Crippen LogP contribution in [0.3, 0.4) is 0 Å². The zero-order valence-corrected chi connectivity index (χ0v) is 14.1. The van der Waals surface area contributed by atoms with Gasteiger partial charge in [0.05, 0.1) is 0 Å². The van der Waals surface area contributed by atoms with E-state index < -0.39 is 0 Å². The van der Waals surface area contributed by atoms with E-state index in [0.717, 1.165) is 19.3 Å². The van der Waals surface area contributed by atoms with Gasteiger partial charge in [-0.1, -0.05) is 78.1 Å². The van der Waals surface area contributed by atoms with Gasteiger partial charge >= 0.3 is 0 Å². The Morgan fingerprint density at radius 2 is 1.25 bits per heavy atom. The average Bonchev–Trinajstić information content (AvgIpc) is 2.44. The lowest BCUT2D eigenvalue weighted by Crippen LogP contribution is -2.30. The Kier molecular flexibility index (Phi) is 15.3. The number of hydrogen-bond donors (Lipinski definition) is 2. The molecule has 0 aliphatic heterocycles. The molecule has 2 atom stereocenters. The van der Waals surface area contributed by atoms with Crippen molar-refractivity contribution in [2.45, 2.75) is 103 Å². The number of unbranched alkanes of at least 4 members (excludes halogenated alkanes) is 8. The Bertz CT molecular complexity index is 184. The molecule has 0 saturated heterocycles. The van der Waals surface area contributed by atoms with Crippen LogP contribution in [0, 0.1) is 5.92 Å². The van der Waals surface area contributed by atoms with Crippen LogP contribution in [0.2, 0.25) is 0 Å². The van der Waals surface area contributed by atoms with E-state index in [0.29, 0.717) is 18.6 Å². The molecule has 0 fully saturated rings. The van der Waals surface area contributed by atoms with Gasteiger partial charge in [-0.05, 0) is 25.2 Å². The highest BCUT2D eigenvalue weighted by atomic mass is 16.3. The number of hydrogen-bond acceptors (Lipinski definition) is 2. The minimum absolute atomic E-state index is 0.291. The predicted molar refractivity (Wildman–Crippen MR) is 89.9 cm³/mol. The highest BCUT2D eigenvalue weighted by Gasteiger charge is 2.15. The van der Waals surface area contributed by atoms with E-state index in [1.54, 1.807) is 0 Å². The normalized spacial score (nSPS) is 14.4. The van der Waals surface area contributed by atoms with Crippen LogP contribution >= 0.6 is 0 Å². The molecule has 0 radical (unpaired) electrons. The Labute approximate surface area is 127 Å². The molecule has 0 rings (SSSR count). The fourth-order valence-corrected chi connectivity index (χ4v) is 3.02. The van der Waals surface area contributed by atoms with Gasteiger partial charge in [0.2, 0.25) is 0 Å². The van der Waals surface area contributed by atoms with Crippen molar-refractivity contribution in [3.63, 3.8) is 0 Å². The Morgan fingerprint density at radius 3 is 1.75 bits per heavy atom. The van der Waals surface area contributed by atoms with Crippen molar-refractivity contribution in [3.8, 4) is 0 Å². The fourth-order valence-electron chi connectivity index (χ4n) is 3.02. The summed E-state index contributed by atoms with van der Waals surface area (Å²) in [5, 5.41) is 9.14. The summed E-state index contributed by atoms with van der Waals surface area (Å²) in [6, 6.07) is 0.293. The SMILES string of the molecule is CCCCCCCCCCCC(CCO)C(N)CCC. The highest BCUT2D eigenvalue weighted by Crippen LogP contribution is 2.20. The minimum Gasteiger partial charge on any atom is -0.396 e. The maximum absolute atomic E-state index is 9.14. The summed E-state index contributed by atoms with van der Waals surface area (Å²) in [6.45, 7) is 4.75. The first-order chi connectivity index (χ1) is 9.76. The molecule has 0 spiro atoms. The van der Waals surface area contributed by atoms with Gasteiger partial charge < -0.3 is 10.8 Å². The summed E-state index contributed by atoms with van der Waals surface area (Å²) in [5.74, 6) is 0.532. The van der Waals surface area contributed by atoms with Crippen LogP contribution in [0.15, 0.2) is 0 Å². The predicted octanol–water partition coefficient (Wildman–Crippen LogP) is 5.03. The summed E-state index contributed by atoms with van der Waals surface area (Å²) in [4.78, 5) is 0. The van der Waals surface area contributed by atoms with Crippen molar-refractivity contribution in [1.82, 2.24) is 0 Å². The van der Waals surface area contributed by atoms with Gasteiger partial charge in [-0.25, -0.2) is 0 Å². The molecule has 0 aliphatic carbocycles. The van der Waals surface area contributed by atoms with Gasteiger partial charge in [-0.15, -0.1) is 0 Å². The van der Waals surface area contributed by atoms with E-state index in [1.165, 1.54) is 64.2 Å². The number of aliphatic hydroxyl groups excluding tert-OH is 1. The molecular weight excluding hydrogens is 246 g/mol. The minimum atomic E-state index is 0.291. The van der Waals surface area contributed by atoms with Crippen molar-refractivity contribution < 1.29 is 5.11 Å². The zero-order valence-electron chi connectivity index (χ0n) is 14.1. The fraction of sp³-hybridized carbons (Fsp3) is 1.00. The molecular formula is C18H39NO. The topological polar surface area (TPSA) is 46.2 Å². The van der Waals surface area contributed by atoms with Gasteiger partial charge in [0.25, 0.3) is 0 Å². The second-order valence-electron chi connectivity index (χ2n) is 6.34. The van der Waals surface area contributed by atoms with Crippen LogP contribution in [-0.4, -0.2) is 17.8 Å². The molecule has 20 heavy (non-hydrogen) atoms. The standard InChI is InChI=1S/C18H39NO/c1-3-5-6-7-8-9-10-11-12-14-17(15-16-20)18(19)13-4-2/h17-18,20H,3-16,19H2,1-2H3. The lowest BCUT2D eigenvalue weighted by atomic mass is 9.88. The lowest BCUT2D eigenvalue weighted by Gasteiger charge is -2.22. The van der Waals surface area contributed by atoms with Gasteiger partial charge in [0.15, 0.2) is 0 Å². The third kappa shape index (κ3) is 11.7. The van der Waals surface area contributed by atoms with Crippen molar-refractivity contribution in [2.24, 2.45) is 11.7 Å². The molecule has 0 amide bonds. The molecule has 0 aromatic carbocycles. The molecule has 0 bridgehead atoms. The molecule has 0 aromatic heterocycles. The van der Waals surface area contributed by atoms with Gasteiger partial charge in [0.1, 0.15) is 0 Å². The van der Waals surface area contributed by atoms with Crippen molar-refractivity contribution in [1.29, 1.82) is 0 Å². The second kappa shape index (κ2) is 15.3. The average molecular weight is 286 g/mol. The monoisotopic (exact) mass is 285 g/mol. The molecule has 2 heteroatoms. The van der Waals surface area contributed by atoms with E-state index in [-0.39, 0.29) is 0 Å². The molecule has 0 heterocycles. The Morgan fingerprint density at radius 1 is 0.700 bits per heavy atom. The maximum Gasteiger partial charge on any atom is 0.0434 e. The summed E-state index contributed by atoms with van der Waals surface area (Å²) in [5.41, 5.74) is 6.21. The van der Waals surface area contributed by atoms with Crippen molar-refractivity contribution in [3.05, 3.63) is 0 Å². The summed E-state index contributed by atoms with van der Waals surface area (Å²) in [6.07, 6.45) is 16.7. The largest absolute Gasteiger partial charge is 0.396 e. The summed E-state index contributed by atoms with van der Waals surface area (Å²) >= 11 is 0. The molecule has 0 aromatic rings. The molecule has 122 valence electrons. The van der Waals surface area contributed by atoms with Gasteiger partial charge in [0, 0.05) is 12.6 Å². The van der Waals surface area contributed by atoms with Crippen LogP contribution in [0.25, 0.3) is 0 Å². The van der Waals surface area contributed by atoms with Crippen LogP contribution in [-0.2, 0) is 0 Å². The first-order valence-electron chi connectivity index (χ1n) is 9.12. The van der Waals surface area contributed by atoms with Crippen molar-refractivity contribution >= 4 is 0 Å². The number of nitrogens with two attached hydrogens (primary N) is 1. The van der Waals surface area contributed by atoms with E-state index in [4.69, 9.17) is 10.8 Å². The van der Waals surface area contributed by atoms with Crippen LogP contribution < -0.4 is 5.73 Å². The van der Waals surface area contributed by atoms with E-state index in [9.17, 15) is 0 Å². The molecule has 2 unspecified atom stereocenters. The Balaban J connectivity index is 3.48. The number of rotatable bonds is 15. The quantitative estimate of drug-likeness (QED) is 0.414. The lowest BCUT2D eigenvalue weighted by molar-refractivity contribution is 0.228. The zero-order chi connectivity index (χ0) is 15.1. The first kappa shape index (κ1) is 19.9. The molecule has 2 nitrogen and oxygen atoms in total. The summed E-state index contributed by atoms with van der Waals surface area (Å²) < 4.78 is 0. The number of aliphatic hydroxyl groups is 1. The first-order valence-corrected chi connectivity index (χ1v) is 9.12. The van der Waals surface area contributed by atoms with Crippen LogP contribution in [0.4, 0.5) is 0 Å². The van der Waals surface area contributed by atoms with Crippen LogP contribution in [0.5, 0.6) is 0 Å².